The Hall–Kier alpha value is -4.01. The number of nitrogens with zero attached hydrogens (tertiary/aromatic N) is 2. The van der Waals surface area contributed by atoms with E-state index in [9.17, 15) is 23.1 Å². The second-order valence-electron chi connectivity index (χ2n) is 8.11. The predicted octanol–water partition coefficient (Wildman–Crippen LogP) is 6.01. The monoisotopic (exact) mass is 484 g/mol. The Kier molecular flexibility index (Phi) is 6.68. The lowest BCUT2D eigenvalue weighted by molar-refractivity contribution is -0.137. The van der Waals surface area contributed by atoms with E-state index in [4.69, 9.17) is 9.15 Å². The second kappa shape index (κ2) is 9.69. The van der Waals surface area contributed by atoms with Crippen molar-refractivity contribution in [3.8, 4) is 11.4 Å². The van der Waals surface area contributed by atoms with Crippen molar-refractivity contribution in [2.24, 2.45) is 0 Å². The molecular weight excluding hydrogens is 461 g/mol. The van der Waals surface area contributed by atoms with Gasteiger partial charge < -0.3 is 18.8 Å². The lowest BCUT2D eigenvalue weighted by Gasteiger charge is -2.08. The fourth-order valence-corrected chi connectivity index (χ4v) is 3.84. The third-order valence-corrected chi connectivity index (χ3v) is 5.53. The van der Waals surface area contributed by atoms with Crippen LogP contribution in [0.15, 0.2) is 65.3 Å². The number of aryl methyl sites for hydroxylation is 2. The maximum atomic E-state index is 12.9. The minimum absolute atomic E-state index is 0.0769. The average molecular weight is 484 g/mol. The first-order chi connectivity index (χ1) is 16.6. The third-order valence-electron chi connectivity index (χ3n) is 5.53. The Morgan fingerprint density at radius 3 is 2.49 bits per heavy atom. The summed E-state index contributed by atoms with van der Waals surface area (Å²) in [6.07, 6.45) is -0.509. The van der Waals surface area contributed by atoms with Gasteiger partial charge in [-0.25, -0.2) is 9.78 Å². The van der Waals surface area contributed by atoms with Gasteiger partial charge in [-0.2, -0.15) is 13.2 Å². The van der Waals surface area contributed by atoms with Crippen LogP contribution in [0.5, 0.6) is 5.75 Å². The van der Waals surface area contributed by atoms with Crippen molar-refractivity contribution >= 4 is 5.97 Å². The number of carboxylic acid groups (broad SMARTS) is 1. The lowest BCUT2D eigenvalue weighted by Crippen LogP contribution is -2.04. The maximum absolute atomic E-state index is 12.9. The molecule has 2 aromatic carbocycles. The molecule has 0 radical (unpaired) electrons. The van der Waals surface area contributed by atoms with Gasteiger partial charge in [0.25, 0.3) is 0 Å². The zero-order valence-corrected chi connectivity index (χ0v) is 19.1. The van der Waals surface area contributed by atoms with Gasteiger partial charge in [0.2, 0.25) is 0 Å². The number of benzene rings is 2. The number of aromatic nitrogens is 2. The molecule has 0 aliphatic rings. The molecule has 0 fully saturated rings. The number of halogens is 3. The Balaban J connectivity index is 1.49. The fraction of sp³-hybridized carbons (Fsp3) is 0.231. The molecule has 4 aromatic rings. The highest BCUT2D eigenvalue weighted by atomic mass is 19.4. The van der Waals surface area contributed by atoms with Crippen molar-refractivity contribution in [3.05, 3.63) is 101 Å². The van der Waals surface area contributed by atoms with Gasteiger partial charge in [0, 0.05) is 31.4 Å². The lowest BCUT2D eigenvalue weighted by atomic mass is 10.0. The molecule has 1 N–H and O–H groups in total. The van der Waals surface area contributed by atoms with Crippen LogP contribution in [-0.4, -0.2) is 27.2 Å². The van der Waals surface area contributed by atoms with Gasteiger partial charge in [0.1, 0.15) is 11.5 Å². The smallest absolute Gasteiger partial charge is 0.416 e. The molecule has 4 rings (SSSR count). The molecule has 2 aromatic heterocycles. The molecule has 9 heteroatoms. The molecule has 0 saturated carbocycles. The molecule has 0 bridgehead atoms. The van der Waals surface area contributed by atoms with Gasteiger partial charge in [-0.3, -0.25) is 0 Å². The van der Waals surface area contributed by atoms with Crippen LogP contribution in [0.1, 0.15) is 44.4 Å². The van der Waals surface area contributed by atoms with Gasteiger partial charge in [-0.15, -0.1) is 0 Å². The summed E-state index contributed by atoms with van der Waals surface area (Å²) in [6, 6.07) is 11.9. The van der Waals surface area contributed by atoms with E-state index >= 15 is 0 Å². The maximum Gasteiger partial charge on any atom is 0.416 e. The van der Waals surface area contributed by atoms with E-state index in [1.165, 1.54) is 22.9 Å². The Bertz CT molecular complexity index is 1340. The van der Waals surface area contributed by atoms with Crippen LogP contribution < -0.4 is 4.74 Å². The summed E-state index contributed by atoms with van der Waals surface area (Å²) in [5, 5.41) is 9.66. The summed E-state index contributed by atoms with van der Waals surface area (Å²) in [7, 11) is 0. The third kappa shape index (κ3) is 5.74. The summed E-state index contributed by atoms with van der Waals surface area (Å²) < 4.78 is 51.3. The van der Waals surface area contributed by atoms with Crippen LogP contribution in [0.3, 0.4) is 0 Å². The first-order valence-electron chi connectivity index (χ1n) is 10.9. The zero-order chi connectivity index (χ0) is 25.2. The molecule has 0 aliphatic carbocycles. The van der Waals surface area contributed by atoms with Crippen LogP contribution in [0.25, 0.3) is 5.69 Å². The molecule has 182 valence electrons. The van der Waals surface area contributed by atoms with Crippen LogP contribution in [-0.2, 0) is 19.0 Å². The summed E-state index contributed by atoms with van der Waals surface area (Å²) in [4.78, 5) is 16.1. The Labute approximate surface area is 199 Å². The first kappa shape index (κ1) is 24.1. The van der Waals surface area contributed by atoms with E-state index in [0.29, 0.717) is 42.3 Å². The zero-order valence-electron chi connectivity index (χ0n) is 19.1. The molecule has 0 saturated heterocycles. The van der Waals surface area contributed by atoms with Crippen molar-refractivity contribution in [1.29, 1.82) is 0 Å². The average Bonchev–Trinajstić information content (AvgIpc) is 3.36. The SMILES string of the molecule is Cc1nc(CCOc2cccc(Cc3cn(-c4ccc(C(F)(F)F)cc4)cc3C(=O)O)c2)c(C)o1. The van der Waals surface area contributed by atoms with Crippen LogP contribution in [0, 0.1) is 13.8 Å². The Morgan fingerprint density at radius 1 is 1.11 bits per heavy atom. The summed E-state index contributed by atoms with van der Waals surface area (Å²) in [5.74, 6) is 0.895. The molecule has 0 spiro atoms. The number of alkyl halides is 3. The summed E-state index contributed by atoms with van der Waals surface area (Å²) >= 11 is 0. The van der Waals surface area contributed by atoms with Crippen LogP contribution >= 0.6 is 0 Å². The van der Waals surface area contributed by atoms with Gasteiger partial charge in [0.05, 0.1) is 23.4 Å². The van der Waals surface area contributed by atoms with Gasteiger partial charge in [0.15, 0.2) is 5.89 Å². The number of carbonyl (C=O) groups is 1. The molecule has 6 nitrogen and oxygen atoms in total. The highest BCUT2D eigenvalue weighted by Gasteiger charge is 2.30. The van der Waals surface area contributed by atoms with Crippen molar-refractivity contribution < 1.29 is 32.2 Å². The molecule has 0 atom stereocenters. The molecule has 35 heavy (non-hydrogen) atoms. The molecule has 2 heterocycles. The normalized spacial score (nSPS) is 11.6. The van der Waals surface area contributed by atoms with Gasteiger partial charge in [-0.05, 0) is 60.9 Å². The van der Waals surface area contributed by atoms with Crippen molar-refractivity contribution in [2.45, 2.75) is 32.9 Å². The predicted molar refractivity (Wildman–Crippen MR) is 122 cm³/mol. The van der Waals surface area contributed by atoms with Crippen LogP contribution in [0.4, 0.5) is 13.2 Å². The van der Waals surface area contributed by atoms with Crippen molar-refractivity contribution in [3.63, 3.8) is 0 Å². The molecule has 0 unspecified atom stereocenters. The second-order valence-corrected chi connectivity index (χ2v) is 8.11. The number of hydrogen-bond donors (Lipinski definition) is 1. The number of carboxylic acids is 1. The minimum atomic E-state index is -4.44. The number of hydrogen-bond acceptors (Lipinski definition) is 4. The van der Waals surface area contributed by atoms with E-state index in [1.807, 2.05) is 31.2 Å². The summed E-state index contributed by atoms with van der Waals surface area (Å²) in [5.41, 5.74) is 1.95. The fourth-order valence-electron chi connectivity index (χ4n) is 3.84. The van der Waals surface area contributed by atoms with Gasteiger partial charge in [-0.1, -0.05) is 12.1 Å². The van der Waals surface area contributed by atoms with E-state index in [-0.39, 0.29) is 5.56 Å². The quantitative estimate of drug-likeness (QED) is 0.331. The largest absolute Gasteiger partial charge is 0.493 e. The van der Waals surface area contributed by atoms with Gasteiger partial charge >= 0.3 is 12.1 Å². The molecular formula is C26H23F3N2O4. The number of ether oxygens (including phenoxy) is 1. The molecule has 0 amide bonds. The van der Waals surface area contributed by atoms with E-state index in [0.717, 1.165) is 29.2 Å². The first-order valence-corrected chi connectivity index (χ1v) is 10.9. The summed E-state index contributed by atoms with van der Waals surface area (Å²) in [6.45, 7) is 4.05. The number of rotatable bonds is 8. The number of oxazole rings is 1. The van der Waals surface area contributed by atoms with Crippen LogP contribution in [0.2, 0.25) is 0 Å². The number of aromatic carboxylic acids is 1. The minimum Gasteiger partial charge on any atom is -0.493 e. The highest BCUT2D eigenvalue weighted by Crippen LogP contribution is 2.30. The highest BCUT2D eigenvalue weighted by molar-refractivity contribution is 5.89. The van der Waals surface area contributed by atoms with E-state index < -0.39 is 17.7 Å². The molecule has 0 aliphatic heterocycles. The Morgan fingerprint density at radius 2 is 1.86 bits per heavy atom. The van der Waals surface area contributed by atoms with Crippen molar-refractivity contribution in [2.75, 3.05) is 6.61 Å². The standard InChI is InChI=1S/C26H23F3N2O4/c1-16-24(30-17(2)35-16)10-11-34-22-5-3-4-18(13-22)12-19-14-31(15-23(19)25(32)33)21-8-6-20(7-9-21)26(27,28)29/h3-9,13-15H,10-12H2,1-2H3,(H,32,33). The topological polar surface area (TPSA) is 77.5 Å². The van der Waals surface area contributed by atoms with E-state index in [2.05, 4.69) is 4.98 Å². The van der Waals surface area contributed by atoms with Crippen molar-refractivity contribution in [1.82, 2.24) is 9.55 Å². The van der Waals surface area contributed by atoms with E-state index in [1.54, 1.807) is 13.1 Å².